The molecule has 0 aliphatic rings. The number of rotatable bonds is 1. The van der Waals surface area contributed by atoms with E-state index in [1.54, 1.807) is 6.92 Å². The summed E-state index contributed by atoms with van der Waals surface area (Å²) in [4.78, 5) is 0. The fourth-order valence-corrected chi connectivity index (χ4v) is 1.06. The van der Waals surface area contributed by atoms with E-state index in [4.69, 9.17) is 5.11 Å². The highest BCUT2D eigenvalue weighted by Gasteiger charge is 1.96. The Morgan fingerprint density at radius 3 is 2.75 bits per heavy atom. The van der Waals surface area contributed by atoms with Gasteiger partial charge in [-0.1, -0.05) is 12.0 Å². The van der Waals surface area contributed by atoms with Crippen molar-refractivity contribution in [3.05, 3.63) is 34.9 Å². The molecular weight excluding hydrogens is 148 g/mol. The molecule has 1 aromatic rings. The lowest BCUT2D eigenvalue weighted by molar-refractivity contribution is 0.281. The third-order valence-electron chi connectivity index (χ3n) is 1.79. The Hall–Kier alpha value is -1.26. The van der Waals surface area contributed by atoms with Crippen molar-refractivity contribution >= 4 is 0 Å². The van der Waals surface area contributed by atoms with Gasteiger partial charge in [0.1, 0.15) is 0 Å². The summed E-state index contributed by atoms with van der Waals surface area (Å²) in [5.41, 5.74) is 3.03. The fourth-order valence-electron chi connectivity index (χ4n) is 1.06. The zero-order valence-electron chi connectivity index (χ0n) is 7.39. The highest BCUT2D eigenvalue weighted by Crippen LogP contribution is 2.09. The maximum absolute atomic E-state index is 8.96. The summed E-state index contributed by atoms with van der Waals surface area (Å²) in [6.07, 6.45) is 0. The number of hydrogen-bond acceptors (Lipinski definition) is 1. The Morgan fingerprint density at radius 2 is 2.17 bits per heavy atom. The van der Waals surface area contributed by atoms with Crippen molar-refractivity contribution in [2.45, 2.75) is 20.5 Å². The monoisotopic (exact) mass is 160 g/mol. The number of aliphatic hydroxyl groups is 1. The summed E-state index contributed by atoms with van der Waals surface area (Å²) in [6, 6.07) is 5.86. The Bertz CT molecular complexity index is 329. The van der Waals surface area contributed by atoms with Crippen LogP contribution in [0.2, 0.25) is 0 Å². The van der Waals surface area contributed by atoms with E-state index < -0.39 is 0 Å². The van der Waals surface area contributed by atoms with Gasteiger partial charge in [0.15, 0.2) is 0 Å². The number of benzene rings is 1. The first-order valence-electron chi connectivity index (χ1n) is 3.91. The molecule has 1 rings (SSSR count). The zero-order valence-corrected chi connectivity index (χ0v) is 7.39. The molecule has 0 unspecified atom stereocenters. The molecule has 0 aliphatic carbocycles. The van der Waals surface area contributed by atoms with E-state index in [2.05, 4.69) is 11.8 Å². The van der Waals surface area contributed by atoms with E-state index in [0.717, 1.165) is 16.7 Å². The van der Waals surface area contributed by atoms with Crippen molar-refractivity contribution in [3.63, 3.8) is 0 Å². The normalized spacial score (nSPS) is 8.92. The van der Waals surface area contributed by atoms with Crippen LogP contribution in [0.4, 0.5) is 0 Å². The molecule has 62 valence electrons. The molecule has 0 heterocycles. The molecular formula is C11H12O. The van der Waals surface area contributed by atoms with Crippen molar-refractivity contribution in [2.75, 3.05) is 0 Å². The van der Waals surface area contributed by atoms with Crippen molar-refractivity contribution in [1.82, 2.24) is 0 Å². The van der Waals surface area contributed by atoms with E-state index in [1.165, 1.54) is 0 Å². The van der Waals surface area contributed by atoms with Crippen molar-refractivity contribution in [1.29, 1.82) is 0 Å². The molecule has 1 heteroatoms. The molecule has 1 N–H and O–H groups in total. The number of aryl methyl sites for hydroxylation is 1. The Morgan fingerprint density at radius 1 is 1.42 bits per heavy atom. The van der Waals surface area contributed by atoms with Crippen LogP contribution >= 0.6 is 0 Å². The van der Waals surface area contributed by atoms with Crippen LogP contribution in [0.5, 0.6) is 0 Å². The molecule has 12 heavy (non-hydrogen) atoms. The Balaban J connectivity index is 3.10. The van der Waals surface area contributed by atoms with E-state index >= 15 is 0 Å². The minimum Gasteiger partial charge on any atom is -0.392 e. The molecule has 1 aromatic carbocycles. The quantitative estimate of drug-likeness (QED) is 0.622. The van der Waals surface area contributed by atoms with Gasteiger partial charge in [0.05, 0.1) is 6.61 Å². The van der Waals surface area contributed by atoms with Gasteiger partial charge < -0.3 is 5.11 Å². The molecule has 0 spiro atoms. The third-order valence-corrected chi connectivity index (χ3v) is 1.79. The van der Waals surface area contributed by atoms with Gasteiger partial charge in [-0.25, -0.2) is 0 Å². The minimum absolute atomic E-state index is 0.0884. The molecule has 0 saturated carbocycles. The predicted octanol–water partition coefficient (Wildman–Crippen LogP) is 1.86. The van der Waals surface area contributed by atoms with E-state index in [1.807, 2.05) is 25.1 Å². The van der Waals surface area contributed by atoms with Gasteiger partial charge in [0, 0.05) is 5.56 Å². The maximum Gasteiger partial charge on any atom is 0.0684 e. The summed E-state index contributed by atoms with van der Waals surface area (Å²) >= 11 is 0. The summed E-state index contributed by atoms with van der Waals surface area (Å²) in [6.45, 7) is 3.87. The van der Waals surface area contributed by atoms with Crippen molar-refractivity contribution in [3.8, 4) is 11.8 Å². The van der Waals surface area contributed by atoms with Crippen LogP contribution < -0.4 is 0 Å². The van der Waals surface area contributed by atoms with Gasteiger partial charge in [-0.15, -0.1) is 5.92 Å². The molecule has 0 amide bonds. The highest BCUT2D eigenvalue weighted by atomic mass is 16.3. The van der Waals surface area contributed by atoms with E-state index in [9.17, 15) is 0 Å². The SMILES string of the molecule is CC#Cc1ccc(C)c(CO)c1. The standard InChI is InChI=1S/C11H12O/c1-3-4-10-6-5-9(2)11(7-10)8-12/h5-7,12H,8H2,1-2H3. The van der Waals surface area contributed by atoms with Crippen molar-refractivity contribution < 1.29 is 5.11 Å². The molecule has 1 nitrogen and oxygen atoms in total. The average Bonchev–Trinajstić information content (AvgIpc) is 2.09. The van der Waals surface area contributed by atoms with E-state index in [0.29, 0.717) is 0 Å². The summed E-state index contributed by atoms with van der Waals surface area (Å²) < 4.78 is 0. The average molecular weight is 160 g/mol. The maximum atomic E-state index is 8.96. The molecule has 0 saturated heterocycles. The first-order valence-corrected chi connectivity index (χ1v) is 3.91. The van der Waals surface area contributed by atoms with Gasteiger partial charge in [-0.3, -0.25) is 0 Å². The molecule has 0 fully saturated rings. The van der Waals surface area contributed by atoms with E-state index in [-0.39, 0.29) is 6.61 Å². The largest absolute Gasteiger partial charge is 0.392 e. The summed E-state index contributed by atoms with van der Waals surface area (Å²) in [5, 5.41) is 8.96. The molecule has 0 aliphatic heterocycles. The van der Waals surface area contributed by atoms with Crippen molar-refractivity contribution in [2.24, 2.45) is 0 Å². The van der Waals surface area contributed by atoms with Crippen LogP contribution in [-0.4, -0.2) is 5.11 Å². The van der Waals surface area contributed by atoms with Crippen LogP contribution in [0, 0.1) is 18.8 Å². The second-order valence-corrected chi connectivity index (χ2v) is 2.67. The van der Waals surface area contributed by atoms with Crippen LogP contribution in [0.1, 0.15) is 23.6 Å². The molecule has 0 radical (unpaired) electrons. The van der Waals surface area contributed by atoms with Crippen LogP contribution in [0.15, 0.2) is 18.2 Å². The Labute approximate surface area is 73.0 Å². The summed E-state index contributed by atoms with van der Waals surface area (Å²) in [5.74, 6) is 5.77. The van der Waals surface area contributed by atoms with Gasteiger partial charge in [-0.2, -0.15) is 0 Å². The fraction of sp³-hybridized carbons (Fsp3) is 0.273. The van der Waals surface area contributed by atoms with Gasteiger partial charge in [0.2, 0.25) is 0 Å². The molecule has 0 bridgehead atoms. The predicted molar refractivity (Wildman–Crippen MR) is 49.7 cm³/mol. The van der Waals surface area contributed by atoms with Crippen LogP contribution in [-0.2, 0) is 6.61 Å². The second-order valence-electron chi connectivity index (χ2n) is 2.67. The topological polar surface area (TPSA) is 20.2 Å². The lowest BCUT2D eigenvalue weighted by atomic mass is 10.1. The van der Waals surface area contributed by atoms with Crippen LogP contribution in [0.25, 0.3) is 0 Å². The van der Waals surface area contributed by atoms with Crippen LogP contribution in [0.3, 0.4) is 0 Å². The molecule has 0 atom stereocenters. The van der Waals surface area contributed by atoms with Gasteiger partial charge in [0.25, 0.3) is 0 Å². The first kappa shape index (κ1) is 8.83. The molecule has 0 aromatic heterocycles. The second kappa shape index (κ2) is 3.94. The number of aliphatic hydroxyl groups excluding tert-OH is 1. The third kappa shape index (κ3) is 1.87. The lowest BCUT2D eigenvalue weighted by Crippen LogP contribution is -1.89. The summed E-state index contributed by atoms with van der Waals surface area (Å²) in [7, 11) is 0. The zero-order chi connectivity index (χ0) is 8.97. The smallest absolute Gasteiger partial charge is 0.0684 e. The minimum atomic E-state index is 0.0884. The highest BCUT2D eigenvalue weighted by molar-refractivity contribution is 5.40. The number of hydrogen-bond donors (Lipinski definition) is 1. The first-order chi connectivity index (χ1) is 5.77. The lowest BCUT2D eigenvalue weighted by Gasteiger charge is -2.01. The Kier molecular flexibility index (Phi) is 2.90. The van der Waals surface area contributed by atoms with Gasteiger partial charge in [-0.05, 0) is 37.1 Å². The van der Waals surface area contributed by atoms with Gasteiger partial charge >= 0.3 is 0 Å².